The van der Waals surface area contributed by atoms with Crippen LogP contribution in [0.5, 0.6) is 0 Å². The third-order valence-electron chi connectivity index (χ3n) is 3.82. The Hall–Kier alpha value is -1.35. The van der Waals surface area contributed by atoms with E-state index in [0.717, 1.165) is 32.1 Å². The normalized spacial score (nSPS) is 16.1. The molecule has 0 spiro atoms. The fourth-order valence-corrected chi connectivity index (χ4v) is 2.78. The zero-order valence-electron chi connectivity index (χ0n) is 11.8. The van der Waals surface area contributed by atoms with Crippen LogP contribution in [0.4, 0.5) is 0 Å². The van der Waals surface area contributed by atoms with Crippen LogP contribution in [0.15, 0.2) is 24.3 Å². The molecule has 0 saturated heterocycles. The average molecular weight is 261 g/mol. The molecule has 0 fully saturated rings. The van der Waals surface area contributed by atoms with Gasteiger partial charge in [-0.05, 0) is 30.4 Å². The summed E-state index contributed by atoms with van der Waals surface area (Å²) in [7, 11) is 1.46. The van der Waals surface area contributed by atoms with Gasteiger partial charge in [0.15, 0.2) is 0 Å². The van der Waals surface area contributed by atoms with Crippen molar-refractivity contribution >= 4 is 5.97 Å². The fraction of sp³-hybridized carbons (Fsp3) is 0.562. The van der Waals surface area contributed by atoms with E-state index in [0.29, 0.717) is 6.04 Å². The number of methoxy groups -OCH3 is 1. The first-order chi connectivity index (χ1) is 9.24. The van der Waals surface area contributed by atoms with Gasteiger partial charge in [0.05, 0.1) is 7.11 Å². The molecule has 0 bridgehead atoms. The molecule has 1 unspecified atom stereocenters. The van der Waals surface area contributed by atoms with Crippen molar-refractivity contribution in [2.75, 3.05) is 7.11 Å². The van der Waals surface area contributed by atoms with E-state index >= 15 is 0 Å². The zero-order chi connectivity index (χ0) is 13.7. The van der Waals surface area contributed by atoms with Crippen LogP contribution in [0, 0.1) is 0 Å². The van der Waals surface area contributed by atoms with Gasteiger partial charge in [-0.3, -0.25) is 4.79 Å². The highest BCUT2D eigenvalue weighted by Gasteiger charge is 2.26. The van der Waals surface area contributed by atoms with Crippen LogP contribution in [-0.2, 0) is 22.4 Å². The summed E-state index contributed by atoms with van der Waals surface area (Å²) in [5.74, 6) is -0.135. The quantitative estimate of drug-likeness (QED) is 0.800. The average Bonchev–Trinajstić information content (AvgIpc) is 2.84. The lowest BCUT2D eigenvalue weighted by Gasteiger charge is -2.20. The van der Waals surface area contributed by atoms with E-state index in [1.165, 1.54) is 18.2 Å². The minimum Gasteiger partial charge on any atom is -0.468 e. The Kier molecular flexibility index (Phi) is 4.97. The van der Waals surface area contributed by atoms with Crippen LogP contribution in [0.25, 0.3) is 0 Å². The van der Waals surface area contributed by atoms with Gasteiger partial charge in [-0.1, -0.05) is 44.0 Å². The Morgan fingerprint density at radius 3 is 2.53 bits per heavy atom. The van der Waals surface area contributed by atoms with E-state index in [4.69, 9.17) is 4.74 Å². The smallest absolute Gasteiger partial charge is 0.322 e. The Balaban J connectivity index is 1.94. The van der Waals surface area contributed by atoms with Crippen LogP contribution in [0.2, 0.25) is 0 Å². The molecule has 0 saturated carbocycles. The summed E-state index contributed by atoms with van der Waals surface area (Å²) in [6, 6.07) is 8.71. The molecule has 104 valence electrons. The first-order valence-electron chi connectivity index (χ1n) is 7.15. The summed E-state index contributed by atoms with van der Waals surface area (Å²) in [5.41, 5.74) is 2.80. The SMILES string of the molecule is CCCCC(NC1Cc2ccccc2C1)C(=O)OC. The number of carbonyl (C=O) groups is 1. The number of benzene rings is 1. The number of hydrogen-bond acceptors (Lipinski definition) is 3. The second kappa shape index (κ2) is 6.71. The Labute approximate surface area is 115 Å². The summed E-state index contributed by atoms with van der Waals surface area (Å²) >= 11 is 0. The number of fused-ring (bicyclic) bond motifs is 1. The van der Waals surface area contributed by atoms with Crippen molar-refractivity contribution in [1.82, 2.24) is 5.32 Å². The number of unbranched alkanes of at least 4 members (excludes halogenated alkanes) is 1. The van der Waals surface area contributed by atoms with Crippen molar-refractivity contribution in [3.05, 3.63) is 35.4 Å². The largest absolute Gasteiger partial charge is 0.468 e. The van der Waals surface area contributed by atoms with Crippen molar-refractivity contribution in [3.63, 3.8) is 0 Å². The predicted molar refractivity (Wildman–Crippen MR) is 76.1 cm³/mol. The van der Waals surface area contributed by atoms with E-state index < -0.39 is 0 Å². The molecule has 1 aliphatic carbocycles. The maximum absolute atomic E-state index is 11.8. The first kappa shape index (κ1) is 14.1. The third kappa shape index (κ3) is 3.57. The lowest BCUT2D eigenvalue weighted by Crippen LogP contribution is -2.44. The van der Waals surface area contributed by atoms with Gasteiger partial charge >= 0.3 is 5.97 Å². The molecular formula is C16H23NO2. The number of hydrogen-bond donors (Lipinski definition) is 1. The summed E-state index contributed by atoms with van der Waals surface area (Å²) < 4.78 is 4.90. The summed E-state index contributed by atoms with van der Waals surface area (Å²) in [4.78, 5) is 11.8. The highest BCUT2D eigenvalue weighted by molar-refractivity contribution is 5.75. The van der Waals surface area contributed by atoms with Crippen molar-refractivity contribution in [2.24, 2.45) is 0 Å². The predicted octanol–water partition coefficient (Wildman–Crippen LogP) is 2.48. The van der Waals surface area contributed by atoms with Gasteiger partial charge < -0.3 is 10.1 Å². The van der Waals surface area contributed by atoms with Gasteiger partial charge in [0.1, 0.15) is 6.04 Å². The lowest BCUT2D eigenvalue weighted by molar-refractivity contribution is -0.143. The summed E-state index contributed by atoms with van der Waals surface area (Å²) in [6.45, 7) is 2.14. The third-order valence-corrected chi connectivity index (χ3v) is 3.82. The summed E-state index contributed by atoms with van der Waals surface area (Å²) in [6.07, 6.45) is 5.02. The molecule has 1 atom stereocenters. The zero-order valence-corrected chi connectivity index (χ0v) is 11.8. The minimum absolute atomic E-state index is 0.135. The van der Waals surface area contributed by atoms with E-state index in [2.05, 4.69) is 36.5 Å². The molecule has 0 radical (unpaired) electrons. The summed E-state index contributed by atoms with van der Waals surface area (Å²) in [5, 5.41) is 3.47. The number of ether oxygens (including phenoxy) is 1. The topological polar surface area (TPSA) is 38.3 Å². The van der Waals surface area contributed by atoms with Crippen molar-refractivity contribution in [1.29, 1.82) is 0 Å². The van der Waals surface area contributed by atoms with Crippen LogP contribution in [0.1, 0.15) is 37.3 Å². The number of rotatable bonds is 6. The van der Waals surface area contributed by atoms with Crippen molar-refractivity contribution < 1.29 is 9.53 Å². The molecule has 3 nitrogen and oxygen atoms in total. The standard InChI is InChI=1S/C16H23NO2/c1-3-4-9-15(16(18)19-2)17-14-10-12-7-5-6-8-13(12)11-14/h5-8,14-15,17H,3-4,9-11H2,1-2H3. The molecule has 0 amide bonds. The Morgan fingerprint density at radius 2 is 2.00 bits per heavy atom. The lowest BCUT2D eigenvalue weighted by atomic mass is 10.1. The van der Waals surface area contributed by atoms with Gasteiger partial charge in [-0.25, -0.2) is 0 Å². The Bertz CT molecular complexity index is 406. The van der Waals surface area contributed by atoms with Gasteiger partial charge in [0.2, 0.25) is 0 Å². The molecule has 1 aromatic rings. The molecular weight excluding hydrogens is 238 g/mol. The van der Waals surface area contributed by atoms with E-state index in [9.17, 15) is 4.79 Å². The van der Waals surface area contributed by atoms with Gasteiger partial charge in [-0.2, -0.15) is 0 Å². The molecule has 3 heteroatoms. The molecule has 2 rings (SSSR count). The molecule has 1 aliphatic rings. The molecule has 1 aromatic carbocycles. The number of nitrogens with one attached hydrogen (secondary N) is 1. The molecule has 0 heterocycles. The molecule has 1 N–H and O–H groups in total. The molecule has 0 aromatic heterocycles. The number of esters is 1. The molecule has 0 aliphatic heterocycles. The van der Waals surface area contributed by atoms with E-state index in [1.54, 1.807) is 0 Å². The van der Waals surface area contributed by atoms with Gasteiger partial charge in [-0.15, -0.1) is 0 Å². The first-order valence-corrected chi connectivity index (χ1v) is 7.15. The second-order valence-corrected chi connectivity index (χ2v) is 5.26. The van der Waals surface area contributed by atoms with Crippen molar-refractivity contribution in [2.45, 2.75) is 51.1 Å². The highest BCUT2D eigenvalue weighted by atomic mass is 16.5. The van der Waals surface area contributed by atoms with Crippen LogP contribution >= 0.6 is 0 Å². The Morgan fingerprint density at radius 1 is 1.37 bits per heavy atom. The van der Waals surface area contributed by atoms with E-state index in [-0.39, 0.29) is 12.0 Å². The fourth-order valence-electron chi connectivity index (χ4n) is 2.78. The minimum atomic E-state index is -0.163. The van der Waals surface area contributed by atoms with Crippen molar-refractivity contribution in [3.8, 4) is 0 Å². The van der Waals surface area contributed by atoms with E-state index in [1.807, 2.05) is 0 Å². The van der Waals surface area contributed by atoms with Gasteiger partial charge in [0.25, 0.3) is 0 Å². The van der Waals surface area contributed by atoms with Crippen LogP contribution < -0.4 is 5.32 Å². The van der Waals surface area contributed by atoms with Crippen LogP contribution in [0.3, 0.4) is 0 Å². The van der Waals surface area contributed by atoms with Crippen LogP contribution in [-0.4, -0.2) is 25.2 Å². The maximum atomic E-state index is 11.8. The second-order valence-electron chi connectivity index (χ2n) is 5.26. The monoisotopic (exact) mass is 261 g/mol. The van der Waals surface area contributed by atoms with Gasteiger partial charge in [0, 0.05) is 6.04 Å². The highest BCUT2D eigenvalue weighted by Crippen LogP contribution is 2.22. The number of carbonyl (C=O) groups excluding carboxylic acids is 1. The maximum Gasteiger partial charge on any atom is 0.322 e. The molecule has 19 heavy (non-hydrogen) atoms.